The Morgan fingerprint density at radius 3 is 2.78 bits per heavy atom. The van der Waals surface area contributed by atoms with E-state index in [9.17, 15) is 9.18 Å². The second-order valence-electron chi connectivity index (χ2n) is 4.61. The first-order valence-electron chi connectivity index (χ1n) is 6.40. The molecule has 0 heterocycles. The maximum absolute atomic E-state index is 13.0. The summed E-state index contributed by atoms with van der Waals surface area (Å²) in [6.45, 7) is 4.12. The van der Waals surface area contributed by atoms with Crippen LogP contribution in [0.1, 0.15) is 49.9 Å². The van der Waals surface area contributed by atoms with Gasteiger partial charge in [0.05, 0.1) is 5.69 Å². The fourth-order valence-corrected chi connectivity index (χ4v) is 1.76. The van der Waals surface area contributed by atoms with Crippen LogP contribution in [-0.4, -0.2) is 11.9 Å². The molecule has 1 aromatic rings. The molecule has 0 fully saturated rings. The lowest BCUT2D eigenvalue weighted by Crippen LogP contribution is -2.32. The van der Waals surface area contributed by atoms with Gasteiger partial charge in [-0.15, -0.1) is 0 Å². The minimum absolute atomic E-state index is 0.00119. The SMILES string of the molecule is CCCCCC(C)NC(=O)c1ccc(F)c(N)c1. The first-order valence-corrected chi connectivity index (χ1v) is 6.40. The topological polar surface area (TPSA) is 55.1 Å². The van der Waals surface area contributed by atoms with Gasteiger partial charge < -0.3 is 11.1 Å². The third-order valence-corrected chi connectivity index (χ3v) is 2.88. The van der Waals surface area contributed by atoms with E-state index in [2.05, 4.69) is 12.2 Å². The molecule has 0 aliphatic heterocycles. The molecule has 1 atom stereocenters. The van der Waals surface area contributed by atoms with Crippen LogP contribution in [0.15, 0.2) is 18.2 Å². The Morgan fingerprint density at radius 2 is 2.17 bits per heavy atom. The number of hydrogen-bond acceptors (Lipinski definition) is 2. The Balaban J connectivity index is 2.51. The number of unbranched alkanes of at least 4 members (excludes halogenated alkanes) is 2. The smallest absolute Gasteiger partial charge is 0.251 e. The zero-order valence-electron chi connectivity index (χ0n) is 11.0. The number of nitrogens with one attached hydrogen (secondary N) is 1. The van der Waals surface area contributed by atoms with E-state index in [1.807, 2.05) is 6.92 Å². The van der Waals surface area contributed by atoms with Gasteiger partial charge >= 0.3 is 0 Å². The van der Waals surface area contributed by atoms with Crippen molar-refractivity contribution in [2.75, 3.05) is 5.73 Å². The second kappa shape index (κ2) is 6.99. The van der Waals surface area contributed by atoms with Crippen molar-refractivity contribution in [2.45, 2.75) is 45.6 Å². The standard InChI is InChI=1S/C14H21FN2O/c1-3-4-5-6-10(2)17-14(18)11-7-8-12(15)13(16)9-11/h7-10H,3-6,16H2,1-2H3,(H,17,18). The summed E-state index contributed by atoms with van der Waals surface area (Å²) >= 11 is 0. The van der Waals surface area contributed by atoms with Gasteiger partial charge in [0.1, 0.15) is 5.82 Å². The highest BCUT2D eigenvalue weighted by molar-refractivity contribution is 5.95. The molecule has 3 nitrogen and oxygen atoms in total. The molecule has 1 aromatic carbocycles. The maximum atomic E-state index is 13.0. The first-order chi connectivity index (χ1) is 8.54. The van der Waals surface area contributed by atoms with Crippen molar-refractivity contribution < 1.29 is 9.18 Å². The molecule has 18 heavy (non-hydrogen) atoms. The predicted molar refractivity (Wildman–Crippen MR) is 71.9 cm³/mol. The number of rotatable bonds is 6. The summed E-state index contributed by atoms with van der Waals surface area (Å²) in [6.07, 6.45) is 4.39. The third-order valence-electron chi connectivity index (χ3n) is 2.88. The summed E-state index contributed by atoms with van der Waals surface area (Å²) in [5.41, 5.74) is 5.83. The fourth-order valence-electron chi connectivity index (χ4n) is 1.76. The van der Waals surface area contributed by atoms with Crippen LogP contribution in [0.3, 0.4) is 0 Å². The van der Waals surface area contributed by atoms with E-state index < -0.39 is 5.82 Å². The molecule has 0 spiro atoms. The van der Waals surface area contributed by atoms with Crippen LogP contribution >= 0.6 is 0 Å². The summed E-state index contributed by atoms with van der Waals surface area (Å²) in [6, 6.07) is 4.14. The van der Waals surface area contributed by atoms with E-state index in [4.69, 9.17) is 5.73 Å². The predicted octanol–water partition coefficient (Wildman–Crippen LogP) is 3.11. The molecule has 1 rings (SSSR count). The Labute approximate surface area is 108 Å². The van der Waals surface area contributed by atoms with Crippen LogP contribution in [0.25, 0.3) is 0 Å². The highest BCUT2D eigenvalue weighted by Crippen LogP contribution is 2.12. The molecule has 3 N–H and O–H groups in total. The Morgan fingerprint density at radius 1 is 1.44 bits per heavy atom. The monoisotopic (exact) mass is 252 g/mol. The molecule has 0 aliphatic carbocycles. The van der Waals surface area contributed by atoms with Crippen LogP contribution in [0.2, 0.25) is 0 Å². The summed E-state index contributed by atoms with van der Waals surface area (Å²) in [5.74, 6) is -0.701. The number of nitrogens with two attached hydrogens (primary N) is 1. The van der Waals surface area contributed by atoms with Gasteiger partial charge in [-0.3, -0.25) is 4.79 Å². The fraction of sp³-hybridized carbons (Fsp3) is 0.500. The molecule has 0 radical (unpaired) electrons. The van der Waals surface area contributed by atoms with E-state index in [0.29, 0.717) is 5.56 Å². The van der Waals surface area contributed by atoms with Crippen molar-refractivity contribution in [3.63, 3.8) is 0 Å². The van der Waals surface area contributed by atoms with Crippen LogP contribution < -0.4 is 11.1 Å². The van der Waals surface area contributed by atoms with Crippen molar-refractivity contribution in [3.05, 3.63) is 29.6 Å². The average Bonchev–Trinajstić information content (AvgIpc) is 2.33. The van der Waals surface area contributed by atoms with Gasteiger partial charge in [0.2, 0.25) is 0 Å². The maximum Gasteiger partial charge on any atom is 0.251 e. The lowest BCUT2D eigenvalue weighted by molar-refractivity contribution is 0.0938. The van der Waals surface area contributed by atoms with Crippen molar-refractivity contribution in [2.24, 2.45) is 0 Å². The van der Waals surface area contributed by atoms with Crippen molar-refractivity contribution >= 4 is 11.6 Å². The van der Waals surface area contributed by atoms with Gasteiger partial charge in [0, 0.05) is 11.6 Å². The molecule has 0 bridgehead atoms. The van der Waals surface area contributed by atoms with E-state index >= 15 is 0 Å². The number of amides is 1. The van der Waals surface area contributed by atoms with Crippen molar-refractivity contribution in [3.8, 4) is 0 Å². The van der Waals surface area contributed by atoms with Crippen LogP contribution in [0, 0.1) is 5.82 Å². The summed E-state index contributed by atoms with van der Waals surface area (Å²) in [7, 11) is 0. The van der Waals surface area contributed by atoms with Gasteiger partial charge in [0.25, 0.3) is 5.91 Å². The molecule has 0 saturated heterocycles. The number of nitrogen functional groups attached to an aromatic ring is 1. The lowest BCUT2D eigenvalue weighted by Gasteiger charge is -2.13. The minimum Gasteiger partial charge on any atom is -0.396 e. The Bertz CT molecular complexity index is 407. The average molecular weight is 252 g/mol. The minimum atomic E-state index is -0.498. The molecule has 100 valence electrons. The molecular formula is C14H21FN2O. The van der Waals surface area contributed by atoms with Gasteiger partial charge in [0.15, 0.2) is 0 Å². The lowest BCUT2D eigenvalue weighted by atomic mass is 10.1. The number of halogens is 1. The van der Waals surface area contributed by atoms with Crippen molar-refractivity contribution in [1.82, 2.24) is 5.32 Å². The quantitative estimate of drug-likeness (QED) is 0.603. The highest BCUT2D eigenvalue weighted by Gasteiger charge is 2.11. The van der Waals surface area contributed by atoms with Crippen LogP contribution in [0.5, 0.6) is 0 Å². The van der Waals surface area contributed by atoms with Crippen LogP contribution in [-0.2, 0) is 0 Å². The van der Waals surface area contributed by atoms with E-state index in [0.717, 1.165) is 19.3 Å². The van der Waals surface area contributed by atoms with Gasteiger partial charge in [-0.25, -0.2) is 4.39 Å². The molecule has 0 aromatic heterocycles. The third kappa shape index (κ3) is 4.35. The molecule has 1 unspecified atom stereocenters. The largest absolute Gasteiger partial charge is 0.396 e. The molecular weight excluding hydrogens is 231 g/mol. The van der Waals surface area contributed by atoms with Gasteiger partial charge in [-0.2, -0.15) is 0 Å². The molecule has 1 amide bonds. The van der Waals surface area contributed by atoms with E-state index in [1.54, 1.807) is 0 Å². The van der Waals surface area contributed by atoms with Gasteiger partial charge in [-0.05, 0) is 31.5 Å². The first kappa shape index (κ1) is 14.5. The van der Waals surface area contributed by atoms with E-state index in [1.165, 1.54) is 24.6 Å². The number of carbonyl (C=O) groups is 1. The van der Waals surface area contributed by atoms with Gasteiger partial charge in [-0.1, -0.05) is 26.2 Å². The summed E-state index contributed by atoms with van der Waals surface area (Å²) in [5, 5.41) is 2.88. The zero-order valence-corrected chi connectivity index (χ0v) is 11.0. The number of carbonyl (C=O) groups excluding carboxylic acids is 1. The molecule has 4 heteroatoms. The summed E-state index contributed by atoms with van der Waals surface area (Å²) in [4.78, 5) is 11.9. The second-order valence-corrected chi connectivity index (χ2v) is 4.61. The van der Waals surface area contributed by atoms with E-state index in [-0.39, 0.29) is 17.6 Å². The van der Waals surface area contributed by atoms with Crippen LogP contribution in [0.4, 0.5) is 10.1 Å². The number of hydrogen-bond donors (Lipinski definition) is 2. The normalized spacial score (nSPS) is 12.2. The number of benzene rings is 1. The highest BCUT2D eigenvalue weighted by atomic mass is 19.1. The zero-order chi connectivity index (χ0) is 13.5. The molecule has 0 aliphatic rings. The Kier molecular flexibility index (Phi) is 5.62. The van der Waals surface area contributed by atoms with Crippen molar-refractivity contribution in [1.29, 1.82) is 0 Å². The summed E-state index contributed by atoms with van der Waals surface area (Å²) < 4.78 is 13.0. The Hall–Kier alpha value is -1.58. The number of anilines is 1. The molecule has 0 saturated carbocycles.